The lowest BCUT2D eigenvalue weighted by atomic mass is 9.92. The van der Waals surface area contributed by atoms with Gasteiger partial charge >= 0.3 is 0 Å². The monoisotopic (exact) mass is 513 g/mol. The number of sulfonamides is 1. The van der Waals surface area contributed by atoms with Gasteiger partial charge in [0, 0.05) is 25.9 Å². The fourth-order valence-corrected chi connectivity index (χ4v) is 5.27. The van der Waals surface area contributed by atoms with Crippen molar-refractivity contribution in [1.82, 2.24) is 4.72 Å². The first kappa shape index (κ1) is 24.9. The van der Waals surface area contributed by atoms with Crippen molar-refractivity contribution in [2.24, 2.45) is 5.92 Å². The summed E-state index contributed by atoms with van der Waals surface area (Å²) < 4.78 is 41.5. The minimum atomic E-state index is -3.86. The van der Waals surface area contributed by atoms with Gasteiger partial charge in [-0.2, -0.15) is 0 Å². The highest BCUT2D eigenvalue weighted by Crippen LogP contribution is 2.28. The van der Waals surface area contributed by atoms with Gasteiger partial charge in [-0.15, -0.1) is 0 Å². The summed E-state index contributed by atoms with van der Waals surface area (Å²) in [6.45, 7) is 8.99. The first-order chi connectivity index (χ1) is 13.8. The second-order valence-corrected chi connectivity index (χ2v) is 13.2. The van der Waals surface area contributed by atoms with Crippen molar-refractivity contribution < 1.29 is 17.4 Å². The van der Waals surface area contributed by atoms with Crippen LogP contribution in [0, 0.1) is 12.8 Å². The van der Waals surface area contributed by atoms with E-state index in [4.69, 9.17) is 0 Å². The van der Waals surface area contributed by atoms with Crippen LogP contribution in [0.25, 0.3) is 0 Å². The molecule has 1 N–H and O–H groups in total. The average Bonchev–Trinajstić information content (AvgIpc) is 2.66. The van der Waals surface area contributed by atoms with Crippen LogP contribution in [-0.2, 0) is 25.6 Å². The van der Waals surface area contributed by atoms with E-state index in [2.05, 4.69) is 20.7 Å². The Bertz CT molecular complexity index is 1010. The molecule has 2 aromatic rings. The molecule has 0 amide bonds. The number of hydrogen-bond acceptors (Lipinski definition) is 4. The Labute approximate surface area is 190 Å². The lowest BCUT2D eigenvalue weighted by molar-refractivity contribution is -0.120. The highest BCUT2D eigenvalue weighted by molar-refractivity contribution is 9.10. The highest BCUT2D eigenvalue weighted by Gasteiger charge is 2.32. The summed E-state index contributed by atoms with van der Waals surface area (Å²) in [5.41, 5.74) is 1.61. The van der Waals surface area contributed by atoms with Gasteiger partial charge in [0.2, 0.25) is 10.0 Å². The van der Waals surface area contributed by atoms with E-state index in [0.717, 1.165) is 10.0 Å². The van der Waals surface area contributed by atoms with E-state index < -0.39 is 37.5 Å². The van der Waals surface area contributed by atoms with E-state index in [1.807, 2.05) is 27.7 Å². The number of hydrogen-bond donors (Lipinski definition) is 1. The molecule has 8 heteroatoms. The van der Waals surface area contributed by atoms with Crippen LogP contribution >= 0.6 is 15.9 Å². The molecule has 3 atom stereocenters. The molecule has 0 saturated heterocycles. The number of nitrogens with one attached hydrogen (secondary N) is 1. The zero-order chi connectivity index (χ0) is 22.7. The lowest BCUT2D eigenvalue weighted by Gasteiger charge is -2.26. The van der Waals surface area contributed by atoms with Crippen molar-refractivity contribution in [2.45, 2.75) is 50.3 Å². The van der Waals surface area contributed by atoms with E-state index >= 15 is 0 Å². The van der Waals surface area contributed by atoms with Crippen LogP contribution in [0.4, 0.5) is 0 Å². The number of halogens is 1. The Morgan fingerprint density at radius 1 is 1.07 bits per heavy atom. The quantitative estimate of drug-likeness (QED) is 0.562. The number of carbonyl (C=O) groups excluding carboxylic acids is 1. The average molecular weight is 515 g/mol. The predicted molar refractivity (Wildman–Crippen MR) is 125 cm³/mol. The summed E-state index contributed by atoms with van der Waals surface area (Å²) in [7, 11) is -5.22. The van der Waals surface area contributed by atoms with Crippen molar-refractivity contribution in [3.8, 4) is 0 Å². The normalized spacial score (nSPS) is 15.4. The highest BCUT2D eigenvalue weighted by atomic mass is 79.9. The third-order valence-electron chi connectivity index (χ3n) is 4.81. The van der Waals surface area contributed by atoms with Crippen LogP contribution in [0.1, 0.15) is 44.9 Å². The summed E-state index contributed by atoms with van der Waals surface area (Å²) in [5, 5.41) is 0. The third-order valence-corrected chi connectivity index (χ3v) is 8.71. The molecular formula is C22H28BrNO4S2. The molecular weight excluding hydrogens is 486 g/mol. The third kappa shape index (κ3) is 6.57. The number of ketones is 1. The number of benzene rings is 2. The topological polar surface area (TPSA) is 80.3 Å². The molecule has 0 radical (unpaired) electrons. The Morgan fingerprint density at radius 3 is 2.10 bits per heavy atom. The zero-order valence-corrected chi connectivity index (χ0v) is 21.0. The SMILES string of the molecule is Cc1ccc(S(=O)(=O)N[C@@H](c2ccc(Br)cc2)[C@@H](C)C(=O)C[S@@](=O)C(C)(C)C)cc1. The number of Topliss-reactive ketones (excluding diaryl/α,β-unsaturated/α-hetero) is 1. The first-order valence-corrected chi connectivity index (χ1v) is 13.2. The van der Waals surface area contributed by atoms with Gasteiger partial charge in [-0.25, -0.2) is 13.1 Å². The molecule has 0 saturated carbocycles. The van der Waals surface area contributed by atoms with E-state index in [1.165, 1.54) is 12.1 Å². The van der Waals surface area contributed by atoms with Gasteiger partial charge in [0.1, 0.15) is 5.78 Å². The van der Waals surface area contributed by atoms with E-state index in [0.29, 0.717) is 5.56 Å². The summed E-state index contributed by atoms with van der Waals surface area (Å²) >= 11 is 3.37. The molecule has 2 rings (SSSR count). The molecule has 0 fully saturated rings. The van der Waals surface area contributed by atoms with Crippen molar-refractivity contribution in [2.75, 3.05) is 5.75 Å². The molecule has 0 heterocycles. The second kappa shape index (κ2) is 9.85. The number of aryl methyl sites for hydroxylation is 1. The zero-order valence-electron chi connectivity index (χ0n) is 17.8. The summed E-state index contributed by atoms with van der Waals surface area (Å²) in [6.07, 6.45) is 0. The maximum absolute atomic E-state index is 13.0. The van der Waals surface area contributed by atoms with Crippen molar-refractivity contribution in [1.29, 1.82) is 0 Å². The molecule has 0 unspecified atom stereocenters. The van der Waals surface area contributed by atoms with Crippen LogP contribution in [0.2, 0.25) is 0 Å². The fourth-order valence-electron chi connectivity index (χ4n) is 2.74. The molecule has 0 aliphatic carbocycles. The van der Waals surface area contributed by atoms with Crippen LogP contribution in [0.15, 0.2) is 57.9 Å². The summed E-state index contributed by atoms with van der Waals surface area (Å²) in [5.74, 6) is -1.07. The summed E-state index contributed by atoms with van der Waals surface area (Å²) in [4.78, 5) is 13.0. The molecule has 0 bridgehead atoms. The maximum Gasteiger partial charge on any atom is 0.241 e. The second-order valence-electron chi connectivity index (χ2n) is 8.32. The van der Waals surface area contributed by atoms with Gasteiger partial charge in [0.25, 0.3) is 0 Å². The Balaban J connectivity index is 2.37. The molecule has 2 aromatic carbocycles. The van der Waals surface area contributed by atoms with E-state index in [1.54, 1.807) is 43.3 Å². The minimum Gasteiger partial charge on any atom is -0.298 e. The molecule has 164 valence electrons. The van der Waals surface area contributed by atoms with Crippen LogP contribution < -0.4 is 4.72 Å². The standard InChI is InChI=1S/C22H28BrNO4S2/c1-15-6-12-19(13-7-15)30(27,28)24-21(17-8-10-18(23)11-9-17)16(2)20(25)14-29(26)22(3,4)5/h6-13,16,21,24H,14H2,1-5H3/t16-,21+,29+/m0/s1. The largest absolute Gasteiger partial charge is 0.298 e. The summed E-state index contributed by atoms with van der Waals surface area (Å²) in [6, 6.07) is 12.9. The molecule has 0 aliphatic heterocycles. The Morgan fingerprint density at radius 2 is 1.60 bits per heavy atom. The van der Waals surface area contributed by atoms with Gasteiger partial charge in [-0.1, -0.05) is 52.7 Å². The van der Waals surface area contributed by atoms with Gasteiger partial charge in [0.05, 0.1) is 16.7 Å². The molecule has 0 aliphatic rings. The van der Waals surface area contributed by atoms with Crippen molar-refractivity contribution in [3.63, 3.8) is 0 Å². The van der Waals surface area contributed by atoms with Gasteiger partial charge in [-0.3, -0.25) is 9.00 Å². The molecule has 30 heavy (non-hydrogen) atoms. The maximum atomic E-state index is 13.0. The molecule has 0 aromatic heterocycles. The molecule has 0 spiro atoms. The Hall–Kier alpha value is -1.35. The number of rotatable bonds is 8. The van der Waals surface area contributed by atoms with E-state index in [-0.39, 0.29) is 16.4 Å². The number of carbonyl (C=O) groups is 1. The Kier molecular flexibility index (Phi) is 8.18. The van der Waals surface area contributed by atoms with Crippen molar-refractivity contribution >= 4 is 42.5 Å². The van der Waals surface area contributed by atoms with Gasteiger partial charge < -0.3 is 0 Å². The van der Waals surface area contributed by atoms with Crippen LogP contribution in [0.5, 0.6) is 0 Å². The smallest absolute Gasteiger partial charge is 0.241 e. The lowest BCUT2D eigenvalue weighted by Crippen LogP contribution is -2.38. The van der Waals surface area contributed by atoms with Gasteiger partial charge in [-0.05, 0) is 57.5 Å². The minimum absolute atomic E-state index is 0.121. The van der Waals surface area contributed by atoms with Crippen LogP contribution in [0.3, 0.4) is 0 Å². The van der Waals surface area contributed by atoms with Crippen LogP contribution in [-0.4, -0.2) is 28.9 Å². The van der Waals surface area contributed by atoms with E-state index in [9.17, 15) is 17.4 Å². The van der Waals surface area contributed by atoms with Crippen molar-refractivity contribution in [3.05, 3.63) is 64.1 Å². The van der Waals surface area contributed by atoms with Gasteiger partial charge in [0.15, 0.2) is 0 Å². The first-order valence-electron chi connectivity index (χ1n) is 9.57. The fraction of sp³-hybridized carbons (Fsp3) is 0.409. The predicted octanol–water partition coefficient (Wildman–Crippen LogP) is 4.53. The molecule has 5 nitrogen and oxygen atoms in total.